The maximum atomic E-state index is 12.8. The van der Waals surface area contributed by atoms with Gasteiger partial charge in [0, 0.05) is 28.1 Å². The van der Waals surface area contributed by atoms with E-state index in [0.717, 1.165) is 16.8 Å². The van der Waals surface area contributed by atoms with Crippen molar-refractivity contribution < 1.29 is 9.59 Å². The summed E-state index contributed by atoms with van der Waals surface area (Å²) in [5.41, 5.74) is 4.46. The van der Waals surface area contributed by atoms with Crippen molar-refractivity contribution in [1.29, 1.82) is 0 Å². The van der Waals surface area contributed by atoms with Gasteiger partial charge in [-0.3, -0.25) is 9.59 Å². The summed E-state index contributed by atoms with van der Waals surface area (Å²) < 4.78 is 0. The molecule has 0 saturated heterocycles. The lowest BCUT2D eigenvalue weighted by Crippen LogP contribution is -2.14. The third kappa shape index (κ3) is 4.45. The maximum Gasteiger partial charge on any atom is 0.255 e. The zero-order valence-corrected chi connectivity index (χ0v) is 16.2. The summed E-state index contributed by atoms with van der Waals surface area (Å²) >= 11 is 0. The van der Waals surface area contributed by atoms with Crippen molar-refractivity contribution in [2.24, 2.45) is 0 Å². The minimum Gasteiger partial charge on any atom is -0.322 e. The molecule has 4 aromatic carbocycles. The van der Waals surface area contributed by atoms with Crippen LogP contribution in [0.3, 0.4) is 0 Å². The zero-order valence-electron chi connectivity index (χ0n) is 16.2. The number of carbonyl (C=O) groups excluding carboxylic acids is 2. The smallest absolute Gasteiger partial charge is 0.255 e. The standard InChI is InChI=1S/C26H20N2O2/c29-25(20-11-5-2-6-12-20)27-22-17-15-21(16-18-22)26(30)28-24-14-8-7-13-23(24)19-9-3-1-4-10-19/h1-18H,(H,27,29)(H,28,30). The molecule has 0 aliphatic carbocycles. The lowest BCUT2D eigenvalue weighted by molar-refractivity contribution is 0.102. The Morgan fingerprint density at radius 3 is 1.73 bits per heavy atom. The highest BCUT2D eigenvalue weighted by atomic mass is 16.2. The van der Waals surface area contributed by atoms with Crippen LogP contribution in [0.5, 0.6) is 0 Å². The highest BCUT2D eigenvalue weighted by Gasteiger charge is 2.11. The molecule has 4 rings (SSSR count). The zero-order chi connectivity index (χ0) is 20.8. The van der Waals surface area contributed by atoms with Crippen molar-refractivity contribution in [3.63, 3.8) is 0 Å². The van der Waals surface area contributed by atoms with Crippen molar-refractivity contribution in [3.05, 3.63) is 120 Å². The number of hydrogen-bond acceptors (Lipinski definition) is 2. The molecule has 4 aromatic rings. The quantitative estimate of drug-likeness (QED) is 0.447. The highest BCUT2D eigenvalue weighted by molar-refractivity contribution is 6.07. The molecule has 0 aromatic heterocycles. The molecule has 4 nitrogen and oxygen atoms in total. The summed E-state index contributed by atoms with van der Waals surface area (Å²) in [6, 6.07) is 33.4. The summed E-state index contributed by atoms with van der Waals surface area (Å²) in [7, 11) is 0. The van der Waals surface area contributed by atoms with Crippen molar-refractivity contribution in [2.45, 2.75) is 0 Å². The molecule has 30 heavy (non-hydrogen) atoms. The summed E-state index contributed by atoms with van der Waals surface area (Å²) in [6.45, 7) is 0. The van der Waals surface area contributed by atoms with Gasteiger partial charge in [-0.05, 0) is 48.0 Å². The molecule has 0 heterocycles. The molecule has 0 radical (unpaired) electrons. The fourth-order valence-corrected chi connectivity index (χ4v) is 3.15. The fraction of sp³-hybridized carbons (Fsp3) is 0. The third-order valence-electron chi connectivity index (χ3n) is 4.70. The largest absolute Gasteiger partial charge is 0.322 e. The minimum absolute atomic E-state index is 0.190. The predicted octanol–water partition coefficient (Wildman–Crippen LogP) is 5.86. The van der Waals surface area contributed by atoms with E-state index >= 15 is 0 Å². The second-order valence-corrected chi connectivity index (χ2v) is 6.76. The van der Waals surface area contributed by atoms with E-state index < -0.39 is 0 Å². The number of carbonyl (C=O) groups is 2. The lowest BCUT2D eigenvalue weighted by atomic mass is 10.0. The number of benzene rings is 4. The summed E-state index contributed by atoms with van der Waals surface area (Å²) in [5.74, 6) is -0.399. The number of amides is 2. The van der Waals surface area contributed by atoms with Crippen LogP contribution in [0.4, 0.5) is 11.4 Å². The Hall–Kier alpha value is -4.18. The first kappa shape index (κ1) is 19.2. The molecule has 0 saturated carbocycles. The van der Waals surface area contributed by atoms with E-state index in [9.17, 15) is 9.59 Å². The van der Waals surface area contributed by atoms with E-state index in [1.165, 1.54) is 0 Å². The Labute approximate surface area is 175 Å². The molecule has 0 aliphatic rings. The topological polar surface area (TPSA) is 58.2 Å². The molecule has 0 atom stereocenters. The third-order valence-corrected chi connectivity index (χ3v) is 4.70. The monoisotopic (exact) mass is 392 g/mol. The molecule has 146 valence electrons. The van der Waals surface area contributed by atoms with Gasteiger partial charge < -0.3 is 10.6 Å². The van der Waals surface area contributed by atoms with Gasteiger partial charge in [0.25, 0.3) is 11.8 Å². The predicted molar refractivity (Wildman–Crippen MR) is 121 cm³/mol. The molecular weight excluding hydrogens is 372 g/mol. The van der Waals surface area contributed by atoms with Crippen LogP contribution in [0.2, 0.25) is 0 Å². The van der Waals surface area contributed by atoms with Gasteiger partial charge in [0.15, 0.2) is 0 Å². The lowest BCUT2D eigenvalue weighted by Gasteiger charge is -2.12. The van der Waals surface area contributed by atoms with E-state index in [1.807, 2.05) is 72.8 Å². The van der Waals surface area contributed by atoms with Crippen LogP contribution in [-0.4, -0.2) is 11.8 Å². The van der Waals surface area contributed by atoms with Crippen LogP contribution in [-0.2, 0) is 0 Å². The second kappa shape index (κ2) is 8.88. The van der Waals surface area contributed by atoms with Gasteiger partial charge in [0.2, 0.25) is 0 Å². The van der Waals surface area contributed by atoms with Gasteiger partial charge in [-0.15, -0.1) is 0 Å². The molecule has 0 bridgehead atoms. The first-order valence-corrected chi connectivity index (χ1v) is 9.63. The van der Waals surface area contributed by atoms with Crippen molar-refractivity contribution in [2.75, 3.05) is 10.6 Å². The van der Waals surface area contributed by atoms with Crippen molar-refractivity contribution in [3.8, 4) is 11.1 Å². The Balaban J connectivity index is 1.47. The molecule has 0 fully saturated rings. The first-order valence-electron chi connectivity index (χ1n) is 9.63. The molecule has 2 amide bonds. The Morgan fingerprint density at radius 2 is 1.03 bits per heavy atom. The van der Waals surface area contributed by atoms with Crippen molar-refractivity contribution in [1.82, 2.24) is 0 Å². The van der Waals surface area contributed by atoms with Gasteiger partial charge >= 0.3 is 0 Å². The van der Waals surface area contributed by atoms with Crippen LogP contribution < -0.4 is 10.6 Å². The van der Waals surface area contributed by atoms with E-state index in [-0.39, 0.29) is 11.8 Å². The molecule has 0 spiro atoms. The van der Waals surface area contributed by atoms with Gasteiger partial charge in [0.05, 0.1) is 0 Å². The van der Waals surface area contributed by atoms with E-state index in [0.29, 0.717) is 16.8 Å². The SMILES string of the molecule is O=C(Nc1ccc(C(=O)Nc2ccccc2-c2ccccc2)cc1)c1ccccc1. The van der Waals surface area contributed by atoms with Crippen LogP contribution in [0.15, 0.2) is 109 Å². The first-order chi connectivity index (χ1) is 14.7. The number of nitrogens with one attached hydrogen (secondary N) is 2. The highest BCUT2D eigenvalue weighted by Crippen LogP contribution is 2.28. The van der Waals surface area contributed by atoms with E-state index in [2.05, 4.69) is 10.6 Å². The van der Waals surface area contributed by atoms with Crippen LogP contribution in [0.1, 0.15) is 20.7 Å². The van der Waals surface area contributed by atoms with Gasteiger partial charge in [-0.1, -0.05) is 66.7 Å². The molecular formula is C26H20N2O2. The minimum atomic E-state index is -0.209. The number of rotatable bonds is 5. The van der Waals surface area contributed by atoms with E-state index in [4.69, 9.17) is 0 Å². The number of hydrogen-bond donors (Lipinski definition) is 2. The fourth-order valence-electron chi connectivity index (χ4n) is 3.15. The second-order valence-electron chi connectivity index (χ2n) is 6.76. The average Bonchev–Trinajstić information content (AvgIpc) is 2.81. The maximum absolute atomic E-state index is 12.8. The summed E-state index contributed by atoms with van der Waals surface area (Å²) in [6.07, 6.45) is 0. The van der Waals surface area contributed by atoms with E-state index in [1.54, 1.807) is 36.4 Å². The number of anilines is 2. The van der Waals surface area contributed by atoms with Gasteiger partial charge in [-0.25, -0.2) is 0 Å². The molecule has 2 N–H and O–H groups in total. The molecule has 0 unspecified atom stereocenters. The van der Waals surface area contributed by atoms with Crippen molar-refractivity contribution >= 4 is 23.2 Å². The summed E-state index contributed by atoms with van der Waals surface area (Å²) in [5, 5.41) is 5.82. The summed E-state index contributed by atoms with van der Waals surface area (Å²) in [4.78, 5) is 25.0. The average molecular weight is 392 g/mol. The Bertz CT molecular complexity index is 1150. The van der Waals surface area contributed by atoms with Gasteiger partial charge in [0.1, 0.15) is 0 Å². The number of para-hydroxylation sites is 1. The molecule has 4 heteroatoms. The normalized spacial score (nSPS) is 10.3. The van der Waals surface area contributed by atoms with Gasteiger partial charge in [-0.2, -0.15) is 0 Å². The molecule has 0 aliphatic heterocycles. The van der Waals surface area contributed by atoms with Crippen LogP contribution in [0.25, 0.3) is 11.1 Å². The Morgan fingerprint density at radius 1 is 0.500 bits per heavy atom. The van der Waals surface area contributed by atoms with Crippen LogP contribution in [0, 0.1) is 0 Å². The Kier molecular flexibility index (Phi) is 5.67. The van der Waals surface area contributed by atoms with Crippen LogP contribution >= 0.6 is 0 Å².